The highest BCUT2D eigenvalue weighted by atomic mass is 16.5. The summed E-state index contributed by atoms with van der Waals surface area (Å²) in [6.07, 6.45) is 0. The van der Waals surface area contributed by atoms with Crippen LogP contribution in [0.25, 0.3) is 11.6 Å². The Balaban J connectivity index is 1.62. The lowest BCUT2D eigenvalue weighted by Gasteiger charge is -2.10. The van der Waals surface area contributed by atoms with E-state index in [1.807, 2.05) is 48.9 Å². The van der Waals surface area contributed by atoms with Crippen molar-refractivity contribution in [2.75, 3.05) is 14.2 Å². The first kappa shape index (κ1) is 17.0. The van der Waals surface area contributed by atoms with Gasteiger partial charge in [0.05, 0.1) is 20.8 Å². The van der Waals surface area contributed by atoms with Crippen molar-refractivity contribution < 1.29 is 13.9 Å². The molecule has 0 aliphatic heterocycles. The van der Waals surface area contributed by atoms with E-state index >= 15 is 0 Å². The van der Waals surface area contributed by atoms with E-state index in [2.05, 4.69) is 15.5 Å². The zero-order valence-electron chi connectivity index (χ0n) is 14.9. The van der Waals surface area contributed by atoms with E-state index in [1.165, 1.54) is 0 Å². The van der Waals surface area contributed by atoms with Crippen LogP contribution in [0.5, 0.6) is 11.5 Å². The molecular formula is C18H22N4O3. The van der Waals surface area contributed by atoms with Crippen LogP contribution in [0.1, 0.15) is 17.1 Å². The molecule has 0 amide bonds. The van der Waals surface area contributed by atoms with Gasteiger partial charge in [-0.3, -0.25) is 0 Å². The summed E-state index contributed by atoms with van der Waals surface area (Å²) in [5, 5.41) is 11.5. The molecule has 0 spiro atoms. The number of nitrogens with one attached hydrogen (secondary N) is 1. The molecule has 0 unspecified atom stereocenters. The van der Waals surface area contributed by atoms with Crippen LogP contribution in [-0.4, -0.2) is 29.0 Å². The summed E-state index contributed by atoms with van der Waals surface area (Å²) in [5.41, 5.74) is 3.08. The monoisotopic (exact) mass is 342 g/mol. The van der Waals surface area contributed by atoms with Gasteiger partial charge in [-0.15, -0.1) is 10.2 Å². The van der Waals surface area contributed by atoms with Crippen molar-refractivity contribution in [2.24, 2.45) is 7.05 Å². The molecule has 0 atom stereocenters. The molecule has 2 aromatic heterocycles. The molecule has 1 aromatic carbocycles. The molecule has 7 heteroatoms. The predicted molar refractivity (Wildman–Crippen MR) is 93.5 cm³/mol. The zero-order chi connectivity index (χ0) is 17.8. The number of hydrogen-bond acceptors (Lipinski definition) is 6. The van der Waals surface area contributed by atoms with E-state index in [0.717, 1.165) is 28.5 Å². The number of benzene rings is 1. The highest BCUT2D eigenvalue weighted by molar-refractivity contribution is 5.48. The quantitative estimate of drug-likeness (QED) is 0.711. The second-order valence-electron chi connectivity index (χ2n) is 5.70. The first-order chi connectivity index (χ1) is 12.1. The van der Waals surface area contributed by atoms with Crippen LogP contribution in [0, 0.1) is 6.92 Å². The lowest BCUT2D eigenvalue weighted by molar-refractivity contribution is 0.389. The van der Waals surface area contributed by atoms with Gasteiger partial charge in [-0.2, -0.15) is 0 Å². The van der Waals surface area contributed by atoms with E-state index in [1.54, 1.807) is 14.2 Å². The van der Waals surface area contributed by atoms with Crippen LogP contribution in [0.15, 0.2) is 34.7 Å². The van der Waals surface area contributed by atoms with Gasteiger partial charge >= 0.3 is 0 Å². The molecule has 3 aromatic rings. The molecule has 25 heavy (non-hydrogen) atoms. The summed E-state index contributed by atoms with van der Waals surface area (Å²) < 4.78 is 18.4. The van der Waals surface area contributed by atoms with Crippen LogP contribution >= 0.6 is 0 Å². The molecule has 0 saturated heterocycles. The number of aryl methyl sites for hydroxylation is 1. The van der Waals surface area contributed by atoms with Gasteiger partial charge in [-0.25, -0.2) is 0 Å². The van der Waals surface area contributed by atoms with Crippen LogP contribution in [0.4, 0.5) is 0 Å². The van der Waals surface area contributed by atoms with Crippen LogP contribution in [-0.2, 0) is 20.1 Å². The molecule has 1 N–H and O–H groups in total. The van der Waals surface area contributed by atoms with Gasteiger partial charge in [0.2, 0.25) is 5.89 Å². The Bertz CT molecular complexity index is 854. The minimum absolute atomic E-state index is 0.478. The Kier molecular flexibility index (Phi) is 5.04. The standard InChI is InChI=1S/C18H22N4O3/c1-12-5-8-15(22(12)2)18-21-20-17(25-18)11-19-10-13-6-7-14(23-3)9-16(13)24-4/h5-9,19H,10-11H2,1-4H3. The molecular weight excluding hydrogens is 320 g/mol. The van der Waals surface area contributed by atoms with Crippen molar-refractivity contribution in [3.63, 3.8) is 0 Å². The van der Waals surface area contributed by atoms with E-state index in [4.69, 9.17) is 13.9 Å². The van der Waals surface area contributed by atoms with Crippen molar-refractivity contribution in [2.45, 2.75) is 20.0 Å². The van der Waals surface area contributed by atoms with Crippen molar-refractivity contribution in [3.05, 3.63) is 47.5 Å². The van der Waals surface area contributed by atoms with E-state index in [0.29, 0.717) is 24.9 Å². The number of rotatable bonds is 7. The first-order valence-electron chi connectivity index (χ1n) is 7.99. The third-order valence-electron chi connectivity index (χ3n) is 4.14. The highest BCUT2D eigenvalue weighted by Gasteiger charge is 2.12. The number of ether oxygens (including phenoxy) is 2. The minimum Gasteiger partial charge on any atom is -0.497 e. The Morgan fingerprint density at radius 1 is 1.08 bits per heavy atom. The molecule has 0 saturated carbocycles. The van der Waals surface area contributed by atoms with Crippen LogP contribution < -0.4 is 14.8 Å². The molecule has 0 bridgehead atoms. The maximum Gasteiger partial charge on any atom is 0.264 e. The molecule has 0 fully saturated rings. The van der Waals surface area contributed by atoms with Crippen molar-refractivity contribution in [1.82, 2.24) is 20.1 Å². The minimum atomic E-state index is 0.478. The largest absolute Gasteiger partial charge is 0.497 e. The zero-order valence-corrected chi connectivity index (χ0v) is 14.9. The highest BCUT2D eigenvalue weighted by Crippen LogP contribution is 2.24. The SMILES string of the molecule is COc1ccc(CNCc2nnc(-c3ccc(C)n3C)o2)c(OC)c1. The molecule has 3 rings (SSSR count). The average Bonchev–Trinajstić information content (AvgIpc) is 3.22. The topological polar surface area (TPSA) is 74.3 Å². The van der Waals surface area contributed by atoms with Gasteiger partial charge in [0.1, 0.15) is 17.2 Å². The molecule has 2 heterocycles. The van der Waals surface area contributed by atoms with Gasteiger partial charge in [-0.1, -0.05) is 6.07 Å². The normalized spacial score (nSPS) is 10.9. The summed E-state index contributed by atoms with van der Waals surface area (Å²) in [5.74, 6) is 2.60. The lowest BCUT2D eigenvalue weighted by atomic mass is 10.2. The Morgan fingerprint density at radius 3 is 2.60 bits per heavy atom. The van der Waals surface area contributed by atoms with Crippen LogP contribution in [0.3, 0.4) is 0 Å². The third kappa shape index (κ3) is 3.66. The molecule has 0 aliphatic rings. The first-order valence-corrected chi connectivity index (χ1v) is 7.99. The average molecular weight is 342 g/mol. The van der Waals surface area contributed by atoms with Gasteiger partial charge in [0, 0.05) is 30.9 Å². The second kappa shape index (κ2) is 7.40. The summed E-state index contributed by atoms with van der Waals surface area (Å²) in [7, 11) is 5.25. The Labute approximate surface area is 146 Å². The fraction of sp³-hybridized carbons (Fsp3) is 0.333. The van der Waals surface area contributed by atoms with E-state index in [9.17, 15) is 0 Å². The fourth-order valence-electron chi connectivity index (χ4n) is 2.56. The molecule has 7 nitrogen and oxygen atoms in total. The second-order valence-corrected chi connectivity index (χ2v) is 5.70. The smallest absolute Gasteiger partial charge is 0.264 e. The predicted octanol–water partition coefficient (Wildman–Crippen LogP) is 2.69. The van der Waals surface area contributed by atoms with E-state index < -0.39 is 0 Å². The number of nitrogens with zero attached hydrogens (tertiary/aromatic N) is 3. The number of aromatic nitrogens is 3. The van der Waals surface area contributed by atoms with Gasteiger partial charge in [0.15, 0.2) is 0 Å². The maximum atomic E-state index is 5.74. The molecule has 132 valence electrons. The van der Waals surface area contributed by atoms with Crippen molar-refractivity contribution in [1.29, 1.82) is 0 Å². The Hall–Kier alpha value is -2.80. The fourth-order valence-corrected chi connectivity index (χ4v) is 2.56. The van der Waals surface area contributed by atoms with Crippen LogP contribution in [0.2, 0.25) is 0 Å². The van der Waals surface area contributed by atoms with E-state index in [-0.39, 0.29) is 0 Å². The van der Waals surface area contributed by atoms with Gasteiger partial charge in [0.25, 0.3) is 5.89 Å². The molecule has 0 radical (unpaired) electrons. The van der Waals surface area contributed by atoms with Gasteiger partial charge in [-0.05, 0) is 25.1 Å². The number of methoxy groups -OCH3 is 2. The summed E-state index contributed by atoms with van der Waals surface area (Å²) in [6, 6.07) is 9.73. The number of hydrogen-bond donors (Lipinski definition) is 1. The summed E-state index contributed by atoms with van der Waals surface area (Å²) in [6.45, 7) is 3.13. The third-order valence-corrected chi connectivity index (χ3v) is 4.14. The molecule has 0 aliphatic carbocycles. The summed E-state index contributed by atoms with van der Waals surface area (Å²) >= 11 is 0. The van der Waals surface area contributed by atoms with Crippen molar-refractivity contribution in [3.8, 4) is 23.1 Å². The maximum absolute atomic E-state index is 5.74. The Morgan fingerprint density at radius 2 is 1.92 bits per heavy atom. The summed E-state index contributed by atoms with van der Waals surface area (Å²) in [4.78, 5) is 0. The lowest BCUT2D eigenvalue weighted by Crippen LogP contribution is -2.13. The van der Waals surface area contributed by atoms with Gasteiger partial charge < -0.3 is 23.8 Å². The van der Waals surface area contributed by atoms with Crippen molar-refractivity contribution >= 4 is 0 Å².